The SMILES string of the molecule is CS[C@@H]1CC[C@@H](N[C@H](C)CC(=O)N2CCCCCC2)C1. The van der Waals surface area contributed by atoms with Gasteiger partial charge in [0, 0.05) is 36.8 Å². The molecule has 2 rings (SSSR count). The normalized spacial score (nSPS) is 29.2. The van der Waals surface area contributed by atoms with Gasteiger partial charge in [0.15, 0.2) is 0 Å². The van der Waals surface area contributed by atoms with Crippen LogP contribution in [0.15, 0.2) is 0 Å². The van der Waals surface area contributed by atoms with Crippen LogP contribution in [0, 0.1) is 0 Å². The Bertz CT molecular complexity index is 303. The van der Waals surface area contributed by atoms with Crippen LogP contribution >= 0.6 is 11.8 Å². The van der Waals surface area contributed by atoms with Crippen molar-refractivity contribution in [2.75, 3.05) is 19.3 Å². The molecule has 2 fully saturated rings. The lowest BCUT2D eigenvalue weighted by Crippen LogP contribution is -2.40. The molecule has 3 atom stereocenters. The van der Waals surface area contributed by atoms with E-state index in [0.29, 0.717) is 24.4 Å². The van der Waals surface area contributed by atoms with Crippen LogP contribution in [0.3, 0.4) is 0 Å². The van der Waals surface area contributed by atoms with E-state index in [1.54, 1.807) is 0 Å². The highest BCUT2D eigenvalue weighted by Gasteiger charge is 2.26. The van der Waals surface area contributed by atoms with Gasteiger partial charge in [0.05, 0.1) is 0 Å². The van der Waals surface area contributed by atoms with Gasteiger partial charge in [0.1, 0.15) is 0 Å². The second-order valence-corrected chi connectivity index (χ2v) is 7.57. The molecule has 20 heavy (non-hydrogen) atoms. The lowest BCUT2D eigenvalue weighted by atomic mass is 10.1. The van der Waals surface area contributed by atoms with E-state index < -0.39 is 0 Å². The van der Waals surface area contributed by atoms with E-state index in [9.17, 15) is 4.79 Å². The molecule has 0 radical (unpaired) electrons. The van der Waals surface area contributed by atoms with Crippen molar-refractivity contribution in [1.82, 2.24) is 10.2 Å². The summed E-state index contributed by atoms with van der Waals surface area (Å²) in [5.74, 6) is 0.353. The minimum atomic E-state index is 0.316. The van der Waals surface area contributed by atoms with Gasteiger partial charge in [-0.15, -0.1) is 0 Å². The predicted octanol–water partition coefficient (Wildman–Crippen LogP) is 3.04. The smallest absolute Gasteiger partial charge is 0.224 e. The minimum absolute atomic E-state index is 0.316. The zero-order valence-corrected chi connectivity index (χ0v) is 13.9. The van der Waals surface area contributed by atoms with Gasteiger partial charge in [-0.2, -0.15) is 11.8 Å². The average molecular weight is 298 g/mol. The summed E-state index contributed by atoms with van der Waals surface area (Å²) < 4.78 is 0. The molecule has 0 aromatic rings. The van der Waals surface area contributed by atoms with Crippen LogP contribution in [0.25, 0.3) is 0 Å². The maximum Gasteiger partial charge on any atom is 0.224 e. The van der Waals surface area contributed by atoms with Crippen LogP contribution in [0.5, 0.6) is 0 Å². The van der Waals surface area contributed by atoms with Gasteiger partial charge in [0.2, 0.25) is 5.91 Å². The molecule has 0 aromatic carbocycles. The van der Waals surface area contributed by atoms with Gasteiger partial charge in [-0.3, -0.25) is 4.79 Å². The Kier molecular flexibility index (Phi) is 6.69. The first-order valence-electron chi connectivity index (χ1n) is 8.25. The van der Waals surface area contributed by atoms with E-state index in [1.165, 1.54) is 44.9 Å². The van der Waals surface area contributed by atoms with Crippen LogP contribution < -0.4 is 5.32 Å². The molecule has 1 aliphatic heterocycles. The molecule has 0 unspecified atom stereocenters. The van der Waals surface area contributed by atoms with Gasteiger partial charge in [-0.05, 0) is 45.3 Å². The largest absolute Gasteiger partial charge is 0.343 e. The number of rotatable bonds is 5. The number of carbonyl (C=O) groups is 1. The zero-order valence-electron chi connectivity index (χ0n) is 13.1. The lowest BCUT2D eigenvalue weighted by Gasteiger charge is -2.24. The molecule has 2 aliphatic rings. The Labute approximate surface area is 128 Å². The zero-order chi connectivity index (χ0) is 14.4. The molecule has 1 heterocycles. The number of likely N-dealkylation sites (tertiary alicyclic amines) is 1. The summed E-state index contributed by atoms with van der Waals surface area (Å²) in [6, 6.07) is 0.941. The van der Waals surface area contributed by atoms with Gasteiger partial charge in [0.25, 0.3) is 0 Å². The number of amides is 1. The fraction of sp³-hybridized carbons (Fsp3) is 0.938. The third-order valence-corrected chi connectivity index (χ3v) is 5.77. The summed E-state index contributed by atoms with van der Waals surface area (Å²) in [4.78, 5) is 14.4. The first-order chi connectivity index (χ1) is 9.69. The monoisotopic (exact) mass is 298 g/mol. The third kappa shape index (κ3) is 4.96. The summed E-state index contributed by atoms with van der Waals surface area (Å²) in [5, 5.41) is 4.49. The molecule has 1 saturated heterocycles. The van der Waals surface area contributed by atoms with Crippen LogP contribution in [0.4, 0.5) is 0 Å². The molecule has 1 N–H and O–H groups in total. The number of nitrogens with one attached hydrogen (secondary N) is 1. The van der Waals surface area contributed by atoms with Gasteiger partial charge < -0.3 is 10.2 Å². The second kappa shape index (κ2) is 8.28. The Morgan fingerprint density at radius 1 is 1.25 bits per heavy atom. The van der Waals surface area contributed by atoms with Gasteiger partial charge in [-0.25, -0.2) is 0 Å². The molecule has 116 valence electrons. The van der Waals surface area contributed by atoms with Crippen molar-refractivity contribution in [3.05, 3.63) is 0 Å². The number of hydrogen-bond acceptors (Lipinski definition) is 3. The average Bonchev–Trinajstić information content (AvgIpc) is 2.71. The molecule has 3 nitrogen and oxygen atoms in total. The van der Waals surface area contributed by atoms with E-state index in [2.05, 4.69) is 23.4 Å². The van der Waals surface area contributed by atoms with E-state index in [1.807, 2.05) is 11.8 Å². The molecule has 0 aromatic heterocycles. The number of carbonyl (C=O) groups excluding carboxylic acids is 1. The molecule has 1 aliphatic carbocycles. The first kappa shape index (κ1) is 16.2. The summed E-state index contributed by atoms with van der Waals surface area (Å²) in [6.07, 6.45) is 11.7. The maximum atomic E-state index is 12.3. The molecule has 4 heteroatoms. The fourth-order valence-corrected chi connectivity index (χ4v) is 4.27. The summed E-state index contributed by atoms with van der Waals surface area (Å²) in [5.41, 5.74) is 0. The van der Waals surface area contributed by atoms with Gasteiger partial charge >= 0.3 is 0 Å². The quantitative estimate of drug-likeness (QED) is 0.847. The van der Waals surface area contributed by atoms with Crippen LogP contribution in [0.2, 0.25) is 0 Å². The summed E-state index contributed by atoms with van der Waals surface area (Å²) in [7, 11) is 0. The first-order valence-corrected chi connectivity index (χ1v) is 9.54. The van der Waals surface area contributed by atoms with E-state index in [0.717, 1.165) is 18.3 Å². The number of hydrogen-bond donors (Lipinski definition) is 1. The van der Waals surface area contributed by atoms with Crippen molar-refractivity contribution < 1.29 is 4.79 Å². The van der Waals surface area contributed by atoms with Crippen molar-refractivity contribution in [3.63, 3.8) is 0 Å². The molecule has 0 spiro atoms. The lowest BCUT2D eigenvalue weighted by molar-refractivity contribution is -0.131. The summed E-state index contributed by atoms with van der Waals surface area (Å²) >= 11 is 1.99. The maximum absolute atomic E-state index is 12.3. The molecule has 1 amide bonds. The Morgan fingerprint density at radius 2 is 1.95 bits per heavy atom. The third-order valence-electron chi connectivity index (χ3n) is 4.68. The molecular weight excluding hydrogens is 268 g/mol. The Hall–Kier alpha value is -0.220. The number of thioether (sulfide) groups is 1. The summed E-state index contributed by atoms with van der Waals surface area (Å²) in [6.45, 7) is 4.12. The fourth-order valence-electron chi connectivity index (χ4n) is 3.48. The van der Waals surface area contributed by atoms with Crippen molar-refractivity contribution in [1.29, 1.82) is 0 Å². The van der Waals surface area contributed by atoms with Crippen molar-refractivity contribution >= 4 is 17.7 Å². The molecule has 0 bridgehead atoms. The standard InChI is InChI=1S/C16H30N2OS/c1-13(17-14-7-8-15(12-14)20-2)11-16(19)18-9-5-3-4-6-10-18/h13-15,17H,3-12H2,1-2H3/t13-,14-,15-/m1/s1. The Balaban J connectivity index is 1.70. The van der Waals surface area contributed by atoms with Crippen LogP contribution in [-0.4, -0.2) is 47.5 Å². The molecular formula is C16H30N2OS. The van der Waals surface area contributed by atoms with Gasteiger partial charge in [-0.1, -0.05) is 12.8 Å². The van der Waals surface area contributed by atoms with Crippen molar-refractivity contribution in [2.45, 2.75) is 75.6 Å². The topological polar surface area (TPSA) is 32.3 Å². The highest BCUT2D eigenvalue weighted by atomic mass is 32.2. The van der Waals surface area contributed by atoms with E-state index in [-0.39, 0.29) is 0 Å². The van der Waals surface area contributed by atoms with E-state index in [4.69, 9.17) is 0 Å². The Morgan fingerprint density at radius 3 is 2.55 bits per heavy atom. The molecule has 1 saturated carbocycles. The van der Waals surface area contributed by atoms with Crippen molar-refractivity contribution in [3.8, 4) is 0 Å². The highest BCUT2D eigenvalue weighted by Crippen LogP contribution is 2.28. The van der Waals surface area contributed by atoms with E-state index >= 15 is 0 Å². The minimum Gasteiger partial charge on any atom is -0.343 e. The van der Waals surface area contributed by atoms with Crippen LogP contribution in [0.1, 0.15) is 58.3 Å². The number of nitrogens with zero attached hydrogens (tertiary/aromatic N) is 1. The van der Waals surface area contributed by atoms with Crippen LogP contribution in [-0.2, 0) is 4.79 Å². The predicted molar refractivity (Wildman–Crippen MR) is 87.2 cm³/mol. The second-order valence-electron chi connectivity index (χ2n) is 6.43. The highest BCUT2D eigenvalue weighted by molar-refractivity contribution is 7.99. The van der Waals surface area contributed by atoms with Crippen molar-refractivity contribution in [2.24, 2.45) is 0 Å².